The minimum atomic E-state index is -0.481. The number of nitrogens with one attached hydrogen (secondary N) is 2. The van der Waals surface area contributed by atoms with Crippen LogP contribution in [0.4, 0.5) is 5.69 Å². The summed E-state index contributed by atoms with van der Waals surface area (Å²) in [5.41, 5.74) is 6.49. The molecular weight excluding hydrogens is 446 g/mol. The molecule has 9 nitrogen and oxygen atoms in total. The van der Waals surface area contributed by atoms with Gasteiger partial charge in [-0.15, -0.1) is 0 Å². The molecule has 0 saturated carbocycles. The number of benzene rings is 3. The molecule has 0 bridgehead atoms. The lowest BCUT2D eigenvalue weighted by atomic mass is 10.1. The topological polar surface area (TPSA) is 123 Å². The van der Waals surface area contributed by atoms with Crippen molar-refractivity contribution < 1.29 is 14.5 Å². The molecule has 0 fully saturated rings. The van der Waals surface area contributed by atoms with Crippen molar-refractivity contribution in [1.29, 1.82) is 0 Å². The van der Waals surface area contributed by atoms with E-state index in [1.807, 2.05) is 48.5 Å². The predicted molar refractivity (Wildman–Crippen MR) is 134 cm³/mol. The lowest BCUT2D eigenvalue weighted by molar-refractivity contribution is -0.384. The summed E-state index contributed by atoms with van der Waals surface area (Å²) >= 11 is 0. The van der Waals surface area contributed by atoms with Gasteiger partial charge in [-0.1, -0.05) is 18.2 Å². The summed E-state index contributed by atoms with van der Waals surface area (Å²) in [6.45, 7) is 0. The van der Waals surface area contributed by atoms with Gasteiger partial charge in [0.1, 0.15) is 11.4 Å². The lowest BCUT2D eigenvalue weighted by Gasteiger charge is -2.08. The number of methoxy groups -OCH3 is 1. The van der Waals surface area contributed by atoms with Crippen molar-refractivity contribution in [3.8, 4) is 17.0 Å². The second-order valence-corrected chi connectivity index (χ2v) is 7.73. The Kier molecular flexibility index (Phi) is 5.64. The molecule has 9 heteroatoms. The normalized spacial score (nSPS) is 11.2. The molecule has 3 aromatic carbocycles. The van der Waals surface area contributed by atoms with Gasteiger partial charge in [0.2, 0.25) is 0 Å². The molecule has 0 aliphatic heterocycles. The number of nitro benzene ring substituents is 1. The molecule has 5 rings (SSSR count). The molecule has 0 atom stereocenters. The number of fused-ring (bicyclic) bond motifs is 3. The van der Waals surface area contributed by atoms with Crippen LogP contribution in [0.25, 0.3) is 33.1 Å². The number of pyridine rings is 1. The molecule has 2 heterocycles. The van der Waals surface area contributed by atoms with Crippen molar-refractivity contribution in [2.24, 2.45) is 5.10 Å². The van der Waals surface area contributed by atoms with Gasteiger partial charge in [0.15, 0.2) is 0 Å². The fraction of sp³-hybridized carbons (Fsp3) is 0.0385. The standard InChI is InChI=1S/C26H19N5O4/c1-35-19-12-8-17(9-13-19)24-25-21(20-4-2-3-5-22(20)28-25)14-23(29-24)26(32)30-27-15-16-6-10-18(11-7-16)31(33)34/h2-15,28H,1H3,(H,30,32)/b27-15+. The van der Waals surface area contributed by atoms with E-state index in [-0.39, 0.29) is 11.4 Å². The molecule has 0 unspecified atom stereocenters. The van der Waals surface area contributed by atoms with Gasteiger partial charge < -0.3 is 9.72 Å². The first-order valence-corrected chi connectivity index (χ1v) is 10.7. The number of ether oxygens (including phenoxy) is 1. The first-order valence-electron chi connectivity index (χ1n) is 10.7. The Morgan fingerprint density at radius 3 is 2.51 bits per heavy atom. The largest absolute Gasteiger partial charge is 0.497 e. The highest BCUT2D eigenvalue weighted by Gasteiger charge is 2.17. The van der Waals surface area contributed by atoms with E-state index in [1.165, 1.54) is 18.3 Å². The first-order chi connectivity index (χ1) is 17.0. The number of nitro groups is 1. The third-order valence-electron chi connectivity index (χ3n) is 5.58. The molecule has 0 aliphatic carbocycles. The van der Waals surface area contributed by atoms with Gasteiger partial charge in [-0.2, -0.15) is 5.10 Å². The average molecular weight is 465 g/mol. The zero-order valence-corrected chi connectivity index (χ0v) is 18.6. The van der Waals surface area contributed by atoms with E-state index in [0.29, 0.717) is 11.3 Å². The molecule has 35 heavy (non-hydrogen) atoms. The van der Waals surface area contributed by atoms with E-state index in [9.17, 15) is 14.9 Å². The van der Waals surface area contributed by atoms with Crippen molar-refractivity contribution in [3.05, 3.63) is 100 Å². The summed E-state index contributed by atoms with van der Waals surface area (Å²) in [6.07, 6.45) is 1.41. The van der Waals surface area contributed by atoms with Crippen LogP contribution in [-0.4, -0.2) is 34.1 Å². The van der Waals surface area contributed by atoms with Gasteiger partial charge >= 0.3 is 0 Å². The highest BCUT2D eigenvalue weighted by Crippen LogP contribution is 2.33. The number of rotatable bonds is 6. The third-order valence-corrected chi connectivity index (χ3v) is 5.58. The second-order valence-electron chi connectivity index (χ2n) is 7.73. The first kappa shape index (κ1) is 21.8. The predicted octanol–water partition coefficient (Wildman–Crippen LogP) is 5.06. The molecule has 2 aromatic heterocycles. The van der Waals surface area contributed by atoms with E-state index < -0.39 is 10.8 Å². The highest BCUT2D eigenvalue weighted by atomic mass is 16.6. The number of amides is 1. The van der Waals surface area contributed by atoms with Gasteiger partial charge in [-0.3, -0.25) is 14.9 Å². The zero-order chi connectivity index (χ0) is 24.4. The van der Waals surface area contributed by atoms with E-state index >= 15 is 0 Å². The van der Waals surface area contributed by atoms with Crippen molar-refractivity contribution in [2.75, 3.05) is 7.11 Å². The number of aromatic nitrogens is 2. The van der Waals surface area contributed by atoms with Gasteiger partial charge in [0, 0.05) is 34.0 Å². The SMILES string of the molecule is COc1ccc(-c2nc(C(=O)N/N=C/c3ccc([N+](=O)[O-])cc3)cc3c2[nH]c2ccccc23)cc1. The number of non-ortho nitro benzene ring substituents is 1. The summed E-state index contributed by atoms with van der Waals surface area (Å²) in [4.78, 5) is 31.3. The Bertz CT molecular complexity index is 1590. The highest BCUT2D eigenvalue weighted by molar-refractivity contribution is 6.13. The van der Waals surface area contributed by atoms with Gasteiger partial charge in [0.05, 0.1) is 29.5 Å². The summed E-state index contributed by atoms with van der Waals surface area (Å²) in [5.74, 6) is 0.237. The fourth-order valence-electron chi connectivity index (χ4n) is 3.82. The van der Waals surface area contributed by atoms with Crippen LogP contribution in [0, 0.1) is 10.1 Å². The maximum Gasteiger partial charge on any atom is 0.289 e. The third kappa shape index (κ3) is 4.30. The fourth-order valence-corrected chi connectivity index (χ4v) is 3.82. The van der Waals surface area contributed by atoms with Crippen LogP contribution in [0.2, 0.25) is 0 Å². The number of aromatic amines is 1. The zero-order valence-electron chi connectivity index (χ0n) is 18.6. The minimum Gasteiger partial charge on any atom is -0.497 e. The van der Waals surface area contributed by atoms with Crippen LogP contribution in [0.5, 0.6) is 5.75 Å². The van der Waals surface area contributed by atoms with Crippen LogP contribution < -0.4 is 10.2 Å². The molecule has 172 valence electrons. The Morgan fingerprint density at radius 1 is 1.06 bits per heavy atom. The number of carbonyl (C=O) groups is 1. The van der Waals surface area contributed by atoms with Crippen molar-refractivity contribution >= 4 is 39.6 Å². The number of hydrogen-bond acceptors (Lipinski definition) is 6. The van der Waals surface area contributed by atoms with Crippen molar-refractivity contribution in [2.45, 2.75) is 0 Å². The van der Waals surface area contributed by atoms with Crippen molar-refractivity contribution in [1.82, 2.24) is 15.4 Å². The Labute approximate surface area is 199 Å². The average Bonchev–Trinajstić information content (AvgIpc) is 3.27. The quantitative estimate of drug-likeness (QED) is 0.206. The number of para-hydroxylation sites is 1. The van der Waals surface area contributed by atoms with Crippen LogP contribution >= 0.6 is 0 Å². The molecule has 5 aromatic rings. The molecule has 0 spiro atoms. The lowest BCUT2D eigenvalue weighted by Crippen LogP contribution is -2.19. The van der Waals surface area contributed by atoms with E-state index in [2.05, 4.69) is 20.5 Å². The number of H-pyrrole nitrogens is 1. The molecule has 1 amide bonds. The smallest absolute Gasteiger partial charge is 0.289 e. The van der Waals surface area contributed by atoms with E-state index in [1.54, 1.807) is 25.3 Å². The van der Waals surface area contributed by atoms with Crippen LogP contribution in [0.3, 0.4) is 0 Å². The monoisotopic (exact) mass is 465 g/mol. The maximum atomic E-state index is 13.0. The van der Waals surface area contributed by atoms with Gasteiger partial charge in [-0.25, -0.2) is 10.4 Å². The number of hydrogen-bond donors (Lipinski definition) is 2. The number of hydrazone groups is 1. The summed E-state index contributed by atoms with van der Waals surface area (Å²) < 4.78 is 5.26. The van der Waals surface area contributed by atoms with Crippen molar-refractivity contribution in [3.63, 3.8) is 0 Å². The molecule has 0 saturated heterocycles. The Morgan fingerprint density at radius 2 is 1.80 bits per heavy atom. The maximum absolute atomic E-state index is 13.0. The summed E-state index contributed by atoms with van der Waals surface area (Å²) in [6, 6.07) is 22.9. The van der Waals surface area contributed by atoms with Crippen LogP contribution in [0.1, 0.15) is 16.1 Å². The summed E-state index contributed by atoms with van der Waals surface area (Å²) in [7, 11) is 1.60. The molecule has 0 aliphatic rings. The van der Waals surface area contributed by atoms with E-state index in [4.69, 9.17) is 4.74 Å². The summed E-state index contributed by atoms with van der Waals surface area (Å²) in [5, 5.41) is 16.6. The van der Waals surface area contributed by atoms with Gasteiger partial charge in [0.25, 0.3) is 11.6 Å². The minimum absolute atomic E-state index is 0.0199. The Hall–Kier alpha value is -5.05. The van der Waals surface area contributed by atoms with Gasteiger partial charge in [-0.05, 0) is 54.1 Å². The molecule has 2 N–H and O–H groups in total. The van der Waals surface area contributed by atoms with Crippen LogP contribution in [0.15, 0.2) is 84.0 Å². The molecular formula is C26H19N5O4. The Balaban J connectivity index is 1.50. The molecule has 0 radical (unpaired) electrons. The van der Waals surface area contributed by atoms with E-state index in [0.717, 1.165) is 33.1 Å². The number of carbonyl (C=O) groups excluding carboxylic acids is 1. The van der Waals surface area contributed by atoms with Crippen LogP contribution in [-0.2, 0) is 0 Å². The number of nitrogens with zero attached hydrogens (tertiary/aromatic N) is 3. The second kappa shape index (κ2) is 9.06.